The molecule has 0 saturated carbocycles. The average Bonchev–Trinajstić information content (AvgIpc) is 2.65. The number of oxazole rings is 1. The van der Waals surface area contributed by atoms with Gasteiger partial charge in [0.2, 0.25) is 0 Å². The van der Waals surface area contributed by atoms with Gasteiger partial charge in [-0.2, -0.15) is 0 Å². The van der Waals surface area contributed by atoms with E-state index in [1.54, 1.807) is 0 Å². The SMILES string of the molecule is OCc1coc(Cc2cccc(Br)c2)n1. The van der Waals surface area contributed by atoms with E-state index in [-0.39, 0.29) is 6.61 Å². The molecule has 0 bridgehead atoms. The summed E-state index contributed by atoms with van der Waals surface area (Å²) in [4.78, 5) is 4.12. The molecule has 2 aromatic rings. The van der Waals surface area contributed by atoms with Gasteiger partial charge >= 0.3 is 0 Å². The van der Waals surface area contributed by atoms with Gasteiger partial charge in [-0.05, 0) is 17.7 Å². The maximum Gasteiger partial charge on any atom is 0.198 e. The molecule has 0 unspecified atom stereocenters. The summed E-state index contributed by atoms with van der Waals surface area (Å²) in [6, 6.07) is 7.96. The fraction of sp³-hybridized carbons (Fsp3) is 0.182. The molecule has 0 saturated heterocycles. The van der Waals surface area contributed by atoms with Crippen molar-refractivity contribution < 1.29 is 9.52 Å². The van der Waals surface area contributed by atoms with Crippen molar-refractivity contribution in [3.05, 3.63) is 52.1 Å². The number of aromatic nitrogens is 1. The molecular weight excluding hydrogens is 258 g/mol. The smallest absolute Gasteiger partial charge is 0.198 e. The van der Waals surface area contributed by atoms with Crippen LogP contribution in [-0.4, -0.2) is 10.1 Å². The minimum atomic E-state index is -0.0814. The molecule has 0 aliphatic heterocycles. The first kappa shape index (κ1) is 10.4. The predicted octanol–water partition coefficient (Wildman–Crippen LogP) is 2.52. The number of hydrogen-bond acceptors (Lipinski definition) is 3. The van der Waals surface area contributed by atoms with Gasteiger partial charge in [0.05, 0.1) is 6.61 Å². The first-order valence-electron chi connectivity index (χ1n) is 4.56. The normalized spacial score (nSPS) is 10.5. The summed E-state index contributed by atoms with van der Waals surface area (Å²) in [5, 5.41) is 8.83. The fourth-order valence-electron chi connectivity index (χ4n) is 1.32. The first-order valence-corrected chi connectivity index (χ1v) is 5.36. The zero-order chi connectivity index (χ0) is 10.7. The molecule has 1 heterocycles. The monoisotopic (exact) mass is 267 g/mol. The third-order valence-corrected chi connectivity index (χ3v) is 2.50. The molecule has 1 N–H and O–H groups in total. The molecular formula is C11H10BrNO2. The molecule has 0 aliphatic carbocycles. The van der Waals surface area contributed by atoms with E-state index in [9.17, 15) is 0 Å². The standard InChI is InChI=1S/C11H10BrNO2/c12-9-3-1-2-8(4-9)5-11-13-10(6-14)7-15-11/h1-4,7,14H,5-6H2. The van der Waals surface area contributed by atoms with Crippen molar-refractivity contribution >= 4 is 15.9 Å². The van der Waals surface area contributed by atoms with E-state index >= 15 is 0 Å². The Morgan fingerprint density at radius 3 is 2.93 bits per heavy atom. The van der Waals surface area contributed by atoms with Gasteiger partial charge < -0.3 is 9.52 Å². The third-order valence-electron chi connectivity index (χ3n) is 2.01. The molecule has 1 aromatic heterocycles. The van der Waals surface area contributed by atoms with E-state index in [1.807, 2.05) is 24.3 Å². The minimum Gasteiger partial charge on any atom is -0.448 e. The number of hydrogen-bond donors (Lipinski definition) is 1. The van der Waals surface area contributed by atoms with Gasteiger partial charge in [0.15, 0.2) is 5.89 Å². The van der Waals surface area contributed by atoms with Gasteiger partial charge in [0, 0.05) is 10.9 Å². The molecule has 0 aliphatic rings. The molecule has 0 fully saturated rings. The van der Waals surface area contributed by atoms with Crippen LogP contribution in [-0.2, 0) is 13.0 Å². The van der Waals surface area contributed by atoms with E-state index < -0.39 is 0 Å². The molecule has 3 nitrogen and oxygen atoms in total. The van der Waals surface area contributed by atoms with Gasteiger partial charge in [0.1, 0.15) is 12.0 Å². The van der Waals surface area contributed by atoms with Crippen molar-refractivity contribution in [3.63, 3.8) is 0 Å². The van der Waals surface area contributed by atoms with Crippen LogP contribution in [0.3, 0.4) is 0 Å². The summed E-state index contributed by atoms with van der Waals surface area (Å²) in [5.41, 5.74) is 1.69. The highest BCUT2D eigenvalue weighted by atomic mass is 79.9. The van der Waals surface area contributed by atoms with Gasteiger partial charge in [0.25, 0.3) is 0 Å². The zero-order valence-corrected chi connectivity index (χ0v) is 9.57. The molecule has 0 amide bonds. The van der Waals surface area contributed by atoms with Crippen molar-refractivity contribution in [1.29, 1.82) is 0 Å². The lowest BCUT2D eigenvalue weighted by molar-refractivity contribution is 0.276. The lowest BCUT2D eigenvalue weighted by atomic mass is 10.1. The second kappa shape index (κ2) is 4.59. The third kappa shape index (κ3) is 2.67. The Hall–Kier alpha value is -1.13. The number of halogens is 1. The Balaban J connectivity index is 2.14. The summed E-state index contributed by atoms with van der Waals surface area (Å²) in [6.45, 7) is -0.0814. The van der Waals surface area contributed by atoms with Crippen LogP contribution in [0, 0.1) is 0 Å². The molecule has 15 heavy (non-hydrogen) atoms. The highest BCUT2D eigenvalue weighted by molar-refractivity contribution is 9.10. The predicted molar refractivity (Wildman–Crippen MR) is 59.4 cm³/mol. The molecule has 0 radical (unpaired) electrons. The maximum atomic E-state index is 8.83. The second-order valence-corrected chi connectivity index (χ2v) is 4.11. The van der Waals surface area contributed by atoms with E-state index in [2.05, 4.69) is 20.9 Å². The highest BCUT2D eigenvalue weighted by Gasteiger charge is 2.04. The van der Waals surface area contributed by atoms with Gasteiger partial charge in [-0.25, -0.2) is 4.98 Å². The molecule has 78 valence electrons. The molecule has 4 heteroatoms. The van der Waals surface area contributed by atoms with Crippen molar-refractivity contribution in [2.24, 2.45) is 0 Å². The van der Waals surface area contributed by atoms with Crippen LogP contribution >= 0.6 is 15.9 Å². The van der Waals surface area contributed by atoms with E-state index in [0.29, 0.717) is 18.0 Å². The summed E-state index contributed by atoms with van der Waals surface area (Å²) in [7, 11) is 0. The summed E-state index contributed by atoms with van der Waals surface area (Å²) >= 11 is 3.40. The van der Waals surface area contributed by atoms with Crippen LogP contribution in [0.25, 0.3) is 0 Å². The lowest BCUT2D eigenvalue weighted by Gasteiger charge is -1.97. The molecule has 0 atom stereocenters. The Kier molecular flexibility index (Phi) is 3.18. The number of benzene rings is 1. The van der Waals surface area contributed by atoms with Crippen molar-refractivity contribution in [3.8, 4) is 0 Å². The van der Waals surface area contributed by atoms with E-state index in [0.717, 1.165) is 10.0 Å². The highest BCUT2D eigenvalue weighted by Crippen LogP contribution is 2.15. The Bertz CT molecular complexity index is 453. The molecule has 0 spiro atoms. The number of rotatable bonds is 3. The van der Waals surface area contributed by atoms with Crippen LogP contribution in [0.1, 0.15) is 17.1 Å². The topological polar surface area (TPSA) is 46.3 Å². The first-order chi connectivity index (χ1) is 7.28. The summed E-state index contributed by atoms with van der Waals surface area (Å²) in [6.07, 6.45) is 2.12. The zero-order valence-electron chi connectivity index (χ0n) is 7.98. The van der Waals surface area contributed by atoms with Crippen molar-refractivity contribution in [2.45, 2.75) is 13.0 Å². The van der Waals surface area contributed by atoms with Gasteiger partial charge in [-0.15, -0.1) is 0 Å². The van der Waals surface area contributed by atoms with Crippen molar-refractivity contribution in [1.82, 2.24) is 4.98 Å². The quantitative estimate of drug-likeness (QED) is 0.930. The van der Waals surface area contributed by atoms with Gasteiger partial charge in [-0.3, -0.25) is 0 Å². The average molecular weight is 268 g/mol. The molecule has 2 rings (SSSR count). The van der Waals surface area contributed by atoms with E-state index in [1.165, 1.54) is 6.26 Å². The Morgan fingerprint density at radius 2 is 2.27 bits per heavy atom. The minimum absolute atomic E-state index is 0.0814. The second-order valence-electron chi connectivity index (χ2n) is 3.20. The number of aliphatic hydroxyl groups excluding tert-OH is 1. The summed E-state index contributed by atoms with van der Waals surface area (Å²) < 4.78 is 6.25. The van der Waals surface area contributed by atoms with Crippen LogP contribution < -0.4 is 0 Å². The van der Waals surface area contributed by atoms with Crippen LogP contribution in [0.5, 0.6) is 0 Å². The fourth-order valence-corrected chi connectivity index (χ4v) is 1.77. The van der Waals surface area contributed by atoms with Crippen LogP contribution in [0.4, 0.5) is 0 Å². The van der Waals surface area contributed by atoms with Crippen LogP contribution in [0.2, 0.25) is 0 Å². The lowest BCUT2D eigenvalue weighted by Crippen LogP contribution is -1.89. The number of aliphatic hydroxyl groups is 1. The maximum absolute atomic E-state index is 8.83. The summed E-state index contributed by atoms with van der Waals surface area (Å²) in [5.74, 6) is 0.622. The Labute approximate surface area is 95.9 Å². The van der Waals surface area contributed by atoms with Crippen molar-refractivity contribution in [2.75, 3.05) is 0 Å². The number of nitrogens with zero attached hydrogens (tertiary/aromatic N) is 1. The van der Waals surface area contributed by atoms with Gasteiger partial charge in [-0.1, -0.05) is 28.1 Å². The van der Waals surface area contributed by atoms with E-state index in [4.69, 9.17) is 9.52 Å². The largest absolute Gasteiger partial charge is 0.448 e. The molecule has 1 aromatic carbocycles. The Morgan fingerprint density at radius 1 is 1.40 bits per heavy atom. The van der Waals surface area contributed by atoms with Crippen LogP contribution in [0.15, 0.2) is 39.4 Å².